The largest absolute Gasteiger partial charge is 0.313 e. The Bertz CT molecular complexity index is 342. The number of benzene rings is 1. The second-order valence-corrected chi connectivity index (χ2v) is 6.45. The third kappa shape index (κ3) is 6.01. The molecular weight excluding hydrogens is 250 g/mol. The number of thioether (sulfide) groups is 1. The fourth-order valence-electron chi connectivity index (χ4n) is 2.33. The average molecular weight is 279 g/mol. The highest BCUT2D eigenvalue weighted by Crippen LogP contribution is 2.17. The first-order valence-electron chi connectivity index (χ1n) is 7.55. The van der Waals surface area contributed by atoms with E-state index in [0.29, 0.717) is 6.04 Å². The van der Waals surface area contributed by atoms with E-state index in [1.807, 2.05) is 0 Å². The molecular formula is C17H29NS. The van der Waals surface area contributed by atoms with Gasteiger partial charge in [-0.25, -0.2) is 0 Å². The van der Waals surface area contributed by atoms with E-state index in [1.54, 1.807) is 0 Å². The van der Waals surface area contributed by atoms with Crippen molar-refractivity contribution in [3.8, 4) is 0 Å². The predicted octanol–water partition coefficient (Wildman–Crippen LogP) is 4.36. The van der Waals surface area contributed by atoms with Crippen molar-refractivity contribution in [3.05, 3.63) is 34.9 Å². The molecule has 1 N–H and O–H groups in total. The van der Waals surface area contributed by atoms with Crippen LogP contribution < -0.4 is 5.32 Å². The molecule has 0 spiro atoms. The maximum absolute atomic E-state index is 3.71. The zero-order valence-corrected chi connectivity index (χ0v) is 13.8. The second-order valence-electron chi connectivity index (χ2n) is 5.30. The van der Waals surface area contributed by atoms with Crippen LogP contribution in [0.25, 0.3) is 0 Å². The summed E-state index contributed by atoms with van der Waals surface area (Å²) in [7, 11) is 0. The van der Waals surface area contributed by atoms with E-state index in [2.05, 4.69) is 63.0 Å². The molecule has 0 aliphatic rings. The highest BCUT2D eigenvalue weighted by Gasteiger charge is 2.12. The minimum absolute atomic E-state index is 0.608. The van der Waals surface area contributed by atoms with Crippen LogP contribution in [0.15, 0.2) is 18.2 Å². The van der Waals surface area contributed by atoms with Gasteiger partial charge >= 0.3 is 0 Å². The lowest BCUT2D eigenvalue weighted by atomic mass is 9.97. The van der Waals surface area contributed by atoms with Crippen LogP contribution in [0, 0.1) is 13.8 Å². The molecule has 0 amide bonds. The Balaban J connectivity index is 2.64. The van der Waals surface area contributed by atoms with Gasteiger partial charge in [0, 0.05) is 11.8 Å². The summed E-state index contributed by atoms with van der Waals surface area (Å²) in [5.41, 5.74) is 4.40. The van der Waals surface area contributed by atoms with E-state index in [4.69, 9.17) is 0 Å². The van der Waals surface area contributed by atoms with Crippen LogP contribution in [0.3, 0.4) is 0 Å². The molecule has 2 heteroatoms. The highest BCUT2D eigenvalue weighted by molar-refractivity contribution is 7.99. The third-order valence-electron chi connectivity index (χ3n) is 3.45. The van der Waals surface area contributed by atoms with Gasteiger partial charge in [-0.05, 0) is 62.1 Å². The summed E-state index contributed by atoms with van der Waals surface area (Å²) < 4.78 is 0. The van der Waals surface area contributed by atoms with Crippen LogP contribution >= 0.6 is 11.8 Å². The maximum atomic E-state index is 3.71. The summed E-state index contributed by atoms with van der Waals surface area (Å²) in [6.45, 7) is 10.1. The van der Waals surface area contributed by atoms with Gasteiger partial charge in [-0.15, -0.1) is 0 Å². The van der Waals surface area contributed by atoms with E-state index in [0.717, 1.165) is 13.0 Å². The van der Waals surface area contributed by atoms with Crippen LogP contribution in [0.2, 0.25) is 0 Å². The SMILES string of the molecule is CCCNC(CSCCC)Cc1c(C)cccc1C. The lowest BCUT2D eigenvalue weighted by molar-refractivity contribution is 0.548. The molecule has 1 atom stereocenters. The number of aryl methyl sites for hydroxylation is 2. The Morgan fingerprint density at radius 1 is 1.11 bits per heavy atom. The van der Waals surface area contributed by atoms with Gasteiger partial charge in [0.15, 0.2) is 0 Å². The van der Waals surface area contributed by atoms with Crippen molar-refractivity contribution >= 4 is 11.8 Å². The zero-order valence-electron chi connectivity index (χ0n) is 13.0. The van der Waals surface area contributed by atoms with Crippen molar-refractivity contribution < 1.29 is 0 Å². The minimum atomic E-state index is 0.608. The molecule has 0 fully saturated rings. The fourth-order valence-corrected chi connectivity index (χ4v) is 3.30. The Kier molecular flexibility index (Phi) is 8.24. The molecule has 1 aromatic carbocycles. The number of hydrogen-bond acceptors (Lipinski definition) is 2. The van der Waals surface area contributed by atoms with Crippen molar-refractivity contribution in [2.45, 2.75) is 53.0 Å². The normalized spacial score (nSPS) is 12.6. The van der Waals surface area contributed by atoms with Crippen molar-refractivity contribution in [1.82, 2.24) is 5.32 Å². The summed E-state index contributed by atoms with van der Waals surface area (Å²) in [4.78, 5) is 0. The van der Waals surface area contributed by atoms with Crippen molar-refractivity contribution in [2.24, 2.45) is 0 Å². The topological polar surface area (TPSA) is 12.0 Å². The van der Waals surface area contributed by atoms with Crippen LogP contribution in [0.4, 0.5) is 0 Å². The minimum Gasteiger partial charge on any atom is -0.313 e. The van der Waals surface area contributed by atoms with Gasteiger partial charge in [0.25, 0.3) is 0 Å². The quantitative estimate of drug-likeness (QED) is 0.674. The first-order valence-corrected chi connectivity index (χ1v) is 8.70. The van der Waals surface area contributed by atoms with Gasteiger partial charge in [0.05, 0.1) is 0 Å². The molecule has 0 aromatic heterocycles. The zero-order chi connectivity index (χ0) is 14.1. The molecule has 1 aromatic rings. The summed E-state index contributed by atoms with van der Waals surface area (Å²) >= 11 is 2.08. The first-order chi connectivity index (χ1) is 9.19. The average Bonchev–Trinajstić information content (AvgIpc) is 2.39. The first kappa shape index (κ1) is 16.6. The van der Waals surface area contributed by atoms with E-state index in [-0.39, 0.29) is 0 Å². The molecule has 0 bridgehead atoms. The molecule has 1 unspecified atom stereocenters. The lowest BCUT2D eigenvalue weighted by Gasteiger charge is -2.20. The summed E-state index contributed by atoms with van der Waals surface area (Å²) in [6.07, 6.45) is 3.64. The van der Waals surface area contributed by atoms with Gasteiger partial charge in [-0.2, -0.15) is 11.8 Å². The van der Waals surface area contributed by atoms with E-state index >= 15 is 0 Å². The van der Waals surface area contributed by atoms with Crippen molar-refractivity contribution in [1.29, 1.82) is 0 Å². The van der Waals surface area contributed by atoms with Crippen molar-refractivity contribution in [2.75, 3.05) is 18.1 Å². The monoisotopic (exact) mass is 279 g/mol. The van der Waals surface area contributed by atoms with Crippen LogP contribution in [-0.4, -0.2) is 24.1 Å². The molecule has 108 valence electrons. The van der Waals surface area contributed by atoms with Gasteiger partial charge < -0.3 is 5.32 Å². The Hall–Kier alpha value is -0.470. The van der Waals surface area contributed by atoms with E-state index < -0.39 is 0 Å². The highest BCUT2D eigenvalue weighted by atomic mass is 32.2. The molecule has 1 nitrogen and oxygen atoms in total. The van der Waals surface area contributed by atoms with Crippen molar-refractivity contribution in [3.63, 3.8) is 0 Å². The predicted molar refractivity (Wildman–Crippen MR) is 89.3 cm³/mol. The Morgan fingerprint density at radius 2 is 1.79 bits per heavy atom. The fraction of sp³-hybridized carbons (Fsp3) is 0.647. The standard InChI is InChI=1S/C17H29NS/c1-5-10-18-16(13-19-11-6-2)12-17-14(3)8-7-9-15(17)4/h7-9,16,18H,5-6,10-13H2,1-4H3. The van der Waals surface area contributed by atoms with Crippen LogP contribution in [0.5, 0.6) is 0 Å². The molecule has 0 heterocycles. The van der Waals surface area contributed by atoms with Gasteiger partial charge in [0.1, 0.15) is 0 Å². The lowest BCUT2D eigenvalue weighted by Crippen LogP contribution is -2.34. The molecule has 19 heavy (non-hydrogen) atoms. The van der Waals surface area contributed by atoms with E-state index in [9.17, 15) is 0 Å². The summed E-state index contributed by atoms with van der Waals surface area (Å²) in [5, 5.41) is 3.71. The van der Waals surface area contributed by atoms with Gasteiger partial charge in [-0.1, -0.05) is 32.0 Å². The van der Waals surface area contributed by atoms with Crippen LogP contribution in [0.1, 0.15) is 43.4 Å². The molecule has 0 aliphatic carbocycles. The molecule has 1 rings (SSSR count). The number of nitrogens with one attached hydrogen (secondary N) is 1. The van der Waals surface area contributed by atoms with Gasteiger partial charge in [-0.3, -0.25) is 0 Å². The molecule has 0 saturated carbocycles. The Labute approximate surface area is 123 Å². The Morgan fingerprint density at radius 3 is 2.37 bits per heavy atom. The summed E-state index contributed by atoms with van der Waals surface area (Å²) in [5.74, 6) is 2.50. The number of hydrogen-bond donors (Lipinski definition) is 1. The van der Waals surface area contributed by atoms with Gasteiger partial charge in [0.2, 0.25) is 0 Å². The van der Waals surface area contributed by atoms with Crippen LogP contribution in [-0.2, 0) is 6.42 Å². The molecule has 0 radical (unpaired) electrons. The third-order valence-corrected chi connectivity index (χ3v) is 4.78. The van der Waals surface area contributed by atoms with E-state index in [1.165, 1.54) is 41.0 Å². The maximum Gasteiger partial charge on any atom is 0.0198 e. The molecule has 0 saturated heterocycles. The molecule has 0 aliphatic heterocycles. The number of rotatable bonds is 9. The second kappa shape index (κ2) is 9.44. The summed E-state index contributed by atoms with van der Waals surface area (Å²) in [6, 6.07) is 7.24. The smallest absolute Gasteiger partial charge is 0.0198 e.